The summed E-state index contributed by atoms with van der Waals surface area (Å²) >= 11 is 0. The Labute approximate surface area is 163 Å². The van der Waals surface area contributed by atoms with Crippen molar-refractivity contribution < 1.29 is 24.1 Å². The van der Waals surface area contributed by atoms with Crippen molar-refractivity contribution in [1.82, 2.24) is 0 Å². The molecular weight excluding hydrogens is 360 g/mol. The van der Waals surface area contributed by atoms with Gasteiger partial charge in [-0.3, -0.25) is 4.79 Å². The Hall–Kier alpha value is -2.05. The quantitative estimate of drug-likeness (QED) is 0.841. The van der Waals surface area contributed by atoms with Crippen LogP contribution in [0.5, 0.6) is 11.5 Å². The van der Waals surface area contributed by atoms with Crippen molar-refractivity contribution >= 4 is 11.0 Å². The zero-order chi connectivity index (χ0) is 19.5. The lowest BCUT2D eigenvalue weighted by molar-refractivity contribution is -0.0725. The summed E-state index contributed by atoms with van der Waals surface area (Å²) in [6.45, 7) is 1.47. The van der Waals surface area contributed by atoms with Gasteiger partial charge >= 0.3 is 0 Å². The van der Waals surface area contributed by atoms with Crippen molar-refractivity contribution in [3.05, 3.63) is 33.7 Å². The Balaban J connectivity index is 1.73. The van der Waals surface area contributed by atoms with Crippen LogP contribution in [-0.2, 0) is 6.61 Å². The highest BCUT2D eigenvalue weighted by atomic mass is 16.5. The fraction of sp³-hybridized carbons (Fsp3) is 0.591. The smallest absolute Gasteiger partial charge is 0.196 e. The van der Waals surface area contributed by atoms with E-state index in [9.17, 15) is 15.0 Å². The van der Waals surface area contributed by atoms with Crippen molar-refractivity contribution in [3.63, 3.8) is 0 Å². The van der Waals surface area contributed by atoms with Gasteiger partial charge in [-0.15, -0.1) is 0 Å². The summed E-state index contributed by atoms with van der Waals surface area (Å²) in [5.41, 5.74) is 0.119. The molecule has 0 bridgehead atoms. The normalized spacial score (nSPS) is 29.5. The second kappa shape index (κ2) is 6.49. The summed E-state index contributed by atoms with van der Waals surface area (Å²) in [5, 5.41) is 20.7. The highest BCUT2D eigenvalue weighted by Crippen LogP contribution is 2.54. The average Bonchev–Trinajstić information content (AvgIpc) is 3.29. The van der Waals surface area contributed by atoms with Crippen molar-refractivity contribution in [1.29, 1.82) is 0 Å². The minimum Gasteiger partial charge on any atom is -0.489 e. The molecule has 2 saturated carbocycles. The summed E-state index contributed by atoms with van der Waals surface area (Å²) in [6, 6.07) is 3.06. The second-order valence-electron chi connectivity index (χ2n) is 8.64. The van der Waals surface area contributed by atoms with Gasteiger partial charge in [-0.2, -0.15) is 0 Å². The molecule has 3 aliphatic rings. The molecule has 5 rings (SSSR count). The van der Waals surface area contributed by atoms with E-state index in [-0.39, 0.29) is 35.9 Å². The van der Waals surface area contributed by atoms with Gasteiger partial charge in [0.25, 0.3) is 0 Å². The third kappa shape index (κ3) is 2.73. The Morgan fingerprint density at radius 3 is 2.75 bits per heavy atom. The second-order valence-corrected chi connectivity index (χ2v) is 8.64. The van der Waals surface area contributed by atoms with Gasteiger partial charge in [-0.25, -0.2) is 0 Å². The Morgan fingerprint density at radius 2 is 2.00 bits per heavy atom. The monoisotopic (exact) mass is 386 g/mol. The molecule has 2 aliphatic carbocycles. The van der Waals surface area contributed by atoms with E-state index in [0.717, 1.165) is 44.1 Å². The number of fused-ring (bicyclic) bond motifs is 4. The molecule has 2 heterocycles. The van der Waals surface area contributed by atoms with E-state index in [1.807, 2.05) is 6.92 Å². The van der Waals surface area contributed by atoms with Crippen LogP contribution in [0, 0.1) is 0 Å². The van der Waals surface area contributed by atoms with E-state index in [2.05, 4.69) is 0 Å². The number of rotatable bonds is 3. The van der Waals surface area contributed by atoms with Crippen LogP contribution in [-0.4, -0.2) is 28.0 Å². The molecule has 1 aromatic heterocycles. The first-order valence-electron chi connectivity index (χ1n) is 10.3. The first-order chi connectivity index (χ1) is 13.5. The van der Waals surface area contributed by atoms with E-state index in [0.29, 0.717) is 28.9 Å². The van der Waals surface area contributed by atoms with E-state index in [1.54, 1.807) is 6.07 Å². The van der Waals surface area contributed by atoms with Gasteiger partial charge in [0.1, 0.15) is 40.9 Å². The van der Waals surface area contributed by atoms with Gasteiger partial charge < -0.3 is 24.1 Å². The lowest BCUT2D eigenvalue weighted by atomic mass is 9.74. The lowest BCUT2D eigenvalue weighted by Crippen LogP contribution is -2.47. The molecule has 2 fully saturated rings. The number of ether oxygens (including phenoxy) is 2. The summed E-state index contributed by atoms with van der Waals surface area (Å²) in [5.74, 6) is 1.39. The number of hydrogen-bond acceptors (Lipinski definition) is 6. The topological polar surface area (TPSA) is 89.1 Å². The molecule has 0 spiro atoms. The third-order valence-electron chi connectivity index (χ3n) is 6.57. The Bertz CT molecular complexity index is 969. The molecule has 2 N–H and O–H groups in total. The highest BCUT2D eigenvalue weighted by Gasteiger charge is 2.50. The number of benzene rings is 1. The fourth-order valence-corrected chi connectivity index (χ4v) is 5.20. The van der Waals surface area contributed by atoms with E-state index < -0.39 is 5.60 Å². The molecule has 0 saturated heterocycles. The summed E-state index contributed by atoms with van der Waals surface area (Å²) < 4.78 is 18.4. The molecule has 28 heavy (non-hydrogen) atoms. The molecule has 0 amide bonds. The van der Waals surface area contributed by atoms with E-state index >= 15 is 0 Å². The minimum atomic E-state index is -0.924. The van der Waals surface area contributed by atoms with Crippen LogP contribution < -0.4 is 14.9 Å². The van der Waals surface area contributed by atoms with E-state index in [1.165, 1.54) is 6.07 Å². The maximum Gasteiger partial charge on any atom is 0.196 e. The zero-order valence-electron chi connectivity index (χ0n) is 16.1. The van der Waals surface area contributed by atoms with Crippen LogP contribution >= 0.6 is 0 Å². The summed E-state index contributed by atoms with van der Waals surface area (Å²) in [7, 11) is 0. The molecule has 1 aliphatic heterocycles. The van der Waals surface area contributed by atoms with Crippen molar-refractivity contribution in [2.75, 3.05) is 0 Å². The number of aliphatic hydroxyl groups is 2. The summed E-state index contributed by atoms with van der Waals surface area (Å²) in [6.07, 6.45) is 6.38. The maximum atomic E-state index is 12.9. The molecule has 3 unspecified atom stereocenters. The molecule has 2 aromatic rings. The highest BCUT2D eigenvalue weighted by molar-refractivity contribution is 5.88. The Morgan fingerprint density at radius 1 is 1.21 bits per heavy atom. The molecule has 0 radical (unpaired) electrons. The SMILES string of the molecule is CC1(O)CCCC2c3c(cc4oc(CO)cc(=O)c4c3OC3CCCC3)OC21. The van der Waals surface area contributed by atoms with Crippen LogP contribution in [0.1, 0.15) is 69.1 Å². The van der Waals surface area contributed by atoms with Gasteiger partial charge in [0.15, 0.2) is 5.43 Å². The summed E-state index contributed by atoms with van der Waals surface area (Å²) in [4.78, 5) is 12.9. The van der Waals surface area contributed by atoms with Crippen molar-refractivity contribution in [2.24, 2.45) is 0 Å². The zero-order valence-corrected chi connectivity index (χ0v) is 16.1. The first-order valence-corrected chi connectivity index (χ1v) is 10.3. The van der Waals surface area contributed by atoms with Gasteiger partial charge in [0.2, 0.25) is 0 Å². The van der Waals surface area contributed by atoms with Gasteiger partial charge in [-0.1, -0.05) is 0 Å². The largest absolute Gasteiger partial charge is 0.489 e. The van der Waals surface area contributed by atoms with Crippen LogP contribution in [0.15, 0.2) is 21.3 Å². The standard InChI is InChI=1S/C22H26O6/c1-22(25)8-4-7-14-18-16(28-21(14)22)10-17-19(15(24)9-13(11-23)26-17)20(18)27-12-5-2-3-6-12/h9-10,12,14,21,23,25H,2-8,11H2,1H3. The molecule has 150 valence electrons. The molecule has 1 aromatic carbocycles. The van der Waals surface area contributed by atoms with Gasteiger partial charge in [-0.05, 0) is 51.9 Å². The van der Waals surface area contributed by atoms with Crippen molar-refractivity contribution in [2.45, 2.75) is 82.2 Å². The molecule has 6 heteroatoms. The minimum absolute atomic E-state index is 0.00327. The number of hydrogen-bond donors (Lipinski definition) is 2. The fourth-order valence-electron chi connectivity index (χ4n) is 5.20. The van der Waals surface area contributed by atoms with Crippen molar-refractivity contribution in [3.8, 4) is 11.5 Å². The third-order valence-corrected chi connectivity index (χ3v) is 6.57. The predicted molar refractivity (Wildman–Crippen MR) is 103 cm³/mol. The first kappa shape index (κ1) is 18.0. The van der Waals surface area contributed by atoms with E-state index in [4.69, 9.17) is 13.9 Å². The van der Waals surface area contributed by atoms with Gasteiger partial charge in [0, 0.05) is 23.6 Å². The molecular formula is C22H26O6. The van der Waals surface area contributed by atoms with Crippen LogP contribution in [0.25, 0.3) is 11.0 Å². The molecule has 3 atom stereocenters. The van der Waals surface area contributed by atoms with Crippen LogP contribution in [0.2, 0.25) is 0 Å². The molecule has 6 nitrogen and oxygen atoms in total. The lowest BCUT2D eigenvalue weighted by Gasteiger charge is -2.37. The van der Waals surface area contributed by atoms with Crippen LogP contribution in [0.3, 0.4) is 0 Å². The number of aliphatic hydroxyl groups excluding tert-OH is 1. The van der Waals surface area contributed by atoms with Gasteiger partial charge in [0.05, 0.1) is 11.7 Å². The van der Waals surface area contributed by atoms with Crippen LogP contribution in [0.4, 0.5) is 0 Å². The predicted octanol–water partition coefficient (Wildman–Crippen LogP) is 3.39. The Kier molecular flexibility index (Phi) is 4.18. The maximum absolute atomic E-state index is 12.9. The average molecular weight is 386 g/mol.